The lowest BCUT2D eigenvalue weighted by atomic mass is 10.2. The zero-order valence-electron chi connectivity index (χ0n) is 13.9. The standard InChI is InChI=1S/C18H16F2N4OS/c1-24(10-12-6-8-13(19)9-7-12)16(25)11-26-18-21-17(22-23-18)14-4-2-3-5-15(14)20/h2-9H,10-11H2,1H3,(H,21,22,23). The molecule has 0 radical (unpaired) electrons. The number of halogens is 2. The Morgan fingerprint density at radius 1 is 1.15 bits per heavy atom. The molecule has 2 aromatic carbocycles. The molecule has 26 heavy (non-hydrogen) atoms. The Labute approximate surface area is 153 Å². The average Bonchev–Trinajstić information content (AvgIpc) is 3.10. The lowest BCUT2D eigenvalue weighted by molar-refractivity contribution is -0.127. The summed E-state index contributed by atoms with van der Waals surface area (Å²) in [6.07, 6.45) is 0. The van der Waals surface area contributed by atoms with E-state index in [1.807, 2.05) is 0 Å². The van der Waals surface area contributed by atoms with Gasteiger partial charge in [-0.1, -0.05) is 36.0 Å². The van der Waals surface area contributed by atoms with Crippen molar-refractivity contribution in [3.05, 3.63) is 65.7 Å². The summed E-state index contributed by atoms with van der Waals surface area (Å²) in [7, 11) is 1.68. The van der Waals surface area contributed by atoms with Crippen LogP contribution in [0.25, 0.3) is 11.4 Å². The summed E-state index contributed by atoms with van der Waals surface area (Å²) in [5, 5.41) is 7.05. The lowest BCUT2D eigenvalue weighted by Crippen LogP contribution is -2.27. The van der Waals surface area contributed by atoms with Gasteiger partial charge in [-0.2, -0.15) is 0 Å². The maximum Gasteiger partial charge on any atom is 0.233 e. The molecule has 3 aromatic rings. The van der Waals surface area contributed by atoms with Crippen LogP contribution in [-0.4, -0.2) is 38.8 Å². The number of thioether (sulfide) groups is 1. The van der Waals surface area contributed by atoms with Crippen LogP contribution in [0, 0.1) is 11.6 Å². The SMILES string of the molecule is CN(Cc1ccc(F)cc1)C(=O)CSc1n[nH]c(-c2ccccc2F)n1. The van der Waals surface area contributed by atoms with E-state index in [-0.39, 0.29) is 17.5 Å². The largest absolute Gasteiger partial charge is 0.341 e. The molecule has 0 atom stereocenters. The lowest BCUT2D eigenvalue weighted by Gasteiger charge is -2.16. The van der Waals surface area contributed by atoms with E-state index in [0.717, 1.165) is 17.3 Å². The first-order valence-corrected chi connectivity index (χ1v) is 8.80. The fourth-order valence-corrected chi connectivity index (χ4v) is 3.01. The van der Waals surface area contributed by atoms with Gasteiger partial charge in [0, 0.05) is 13.6 Å². The second kappa shape index (κ2) is 8.09. The summed E-state index contributed by atoms with van der Waals surface area (Å²) in [6.45, 7) is 0.383. The molecular weight excluding hydrogens is 358 g/mol. The molecule has 1 amide bonds. The van der Waals surface area contributed by atoms with Crippen molar-refractivity contribution >= 4 is 17.7 Å². The quantitative estimate of drug-likeness (QED) is 0.671. The average molecular weight is 374 g/mol. The topological polar surface area (TPSA) is 61.9 Å². The predicted octanol–water partition coefficient (Wildman–Crippen LogP) is 3.50. The Kier molecular flexibility index (Phi) is 5.62. The number of hydrogen-bond acceptors (Lipinski definition) is 4. The van der Waals surface area contributed by atoms with Crippen molar-refractivity contribution in [1.82, 2.24) is 20.1 Å². The number of H-pyrrole nitrogens is 1. The summed E-state index contributed by atoms with van der Waals surface area (Å²) in [5.74, 6) is -0.357. The van der Waals surface area contributed by atoms with Crippen LogP contribution in [0.3, 0.4) is 0 Å². The van der Waals surface area contributed by atoms with Crippen LogP contribution >= 0.6 is 11.8 Å². The van der Waals surface area contributed by atoms with Crippen LogP contribution in [0.15, 0.2) is 53.7 Å². The van der Waals surface area contributed by atoms with Crippen molar-refractivity contribution in [3.63, 3.8) is 0 Å². The molecule has 0 fully saturated rings. The van der Waals surface area contributed by atoms with E-state index in [1.54, 1.807) is 42.3 Å². The second-order valence-electron chi connectivity index (χ2n) is 5.61. The molecule has 0 spiro atoms. The highest BCUT2D eigenvalue weighted by Gasteiger charge is 2.14. The zero-order valence-corrected chi connectivity index (χ0v) is 14.8. The van der Waals surface area contributed by atoms with Crippen LogP contribution in [0.5, 0.6) is 0 Å². The highest BCUT2D eigenvalue weighted by molar-refractivity contribution is 7.99. The molecule has 0 saturated heterocycles. The molecular formula is C18H16F2N4OS. The third-order valence-electron chi connectivity index (χ3n) is 3.68. The fourth-order valence-electron chi connectivity index (χ4n) is 2.27. The first-order valence-electron chi connectivity index (χ1n) is 7.81. The summed E-state index contributed by atoms with van der Waals surface area (Å²) in [5.41, 5.74) is 1.17. The molecule has 0 aliphatic rings. The van der Waals surface area contributed by atoms with Crippen LogP contribution in [0.2, 0.25) is 0 Å². The van der Waals surface area contributed by atoms with Gasteiger partial charge in [0.1, 0.15) is 11.6 Å². The minimum atomic E-state index is -0.393. The molecule has 8 heteroatoms. The molecule has 1 aromatic heterocycles. The number of nitrogens with zero attached hydrogens (tertiary/aromatic N) is 3. The highest BCUT2D eigenvalue weighted by Crippen LogP contribution is 2.21. The highest BCUT2D eigenvalue weighted by atomic mass is 32.2. The first kappa shape index (κ1) is 18.1. The summed E-state index contributed by atoms with van der Waals surface area (Å²) >= 11 is 1.16. The Morgan fingerprint density at radius 2 is 1.88 bits per heavy atom. The summed E-state index contributed by atoms with van der Waals surface area (Å²) in [4.78, 5) is 18.0. The second-order valence-corrected chi connectivity index (χ2v) is 6.55. The maximum absolute atomic E-state index is 13.8. The number of rotatable bonds is 6. The smallest absolute Gasteiger partial charge is 0.233 e. The van der Waals surface area contributed by atoms with Crippen molar-refractivity contribution < 1.29 is 13.6 Å². The van der Waals surface area contributed by atoms with E-state index in [0.29, 0.717) is 23.1 Å². The third kappa shape index (κ3) is 4.45. The van der Waals surface area contributed by atoms with Gasteiger partial charge in [0.15, 0.2) is 5.82 Å². The molecule has 0 unspecified atom stereocenters. The molecule has 0 bridgehead atoms. The number of benzene rings is 2. The first-order chi connectivity index (χ1) is 12.5. The van der Waals surface area contributed by atoms with Gasteiger partial charge in [-0.25, -0.2) is 13.8 Å². The Balaban J connectivity index is 1.56. The Bertz CT molecular complexity index is 898. The van der Waals surface area contributed by atoms with E-state index < -0.39 is 5.82 Å². The molecule has 3 rings (SSSR count). The number of nitrogens with one attached hydrogen (secondary N) is 1. The van der Waals surface area contributed by atoms with Crippen molar-refractivity contribution in [2.24, 2.45) is 0 Å². The van der Waals surface area contributed by atoms with Crippen LogP contribution in [-0.2, 0) is 11.3 Å². The van der Waals surface area contributed by atoms with Crippen LogP contribution in [0.1, 0.15) is 5.56 Å². The van der Waals surface area contributed by atoms with Gasteiger partial charge in [-0.15, -0.1) is 5.10 Å². The molecule has 0 aliphatic heterocycles. The van der Waals surface area contributed by atoms with E-state index in [4.69, 9.17) is 0 Å². The van der Waals surface area contributed by atoms with Crippen molar-refractivity contribution in [2.45, 2.75) is 11.7 Å². The van der Waals surface area contributed by atoms with E-state index >= 15 is 0 Å². The summed E-state index contributed by atoms with van der Waals surface area (Å²) < 4.78 is 26.7. The molecule has 0 saturated carbocycles. The monoisotopic (exact) mass is 374 g/mol. The van der Waals surface area contributed by atoms with Gasteiger partial charge < -0.3 is 4.90 Å². The van der Waals surface area contributed by atoms with Gasteiger partial charge in [0.2, 0.25) is 11.1 Å². The minimum Gasteiger partial charge on any atom is -0.341 e. The number of aromatic nitrogens is 3. The molecule has 1 N–H and O–H groups in total. The van der Waals surface area contributed by atoms with E-state index in [2.05, 4.69) is 15.2 Å². The van der Waals surface area contributed by atoms with Gasteiger partial charge in [-0.05, 0) is 29.8 Å². The van der Waals surface area contributed by atoms with Gasteiger partial charge >= 0.3 is 0 Å². The van der Waals surface area contributed by atoms with Crippen molar-refractivity contribution in [1.29, 1.82) is 0 Å². The third-order valence-corrected chi connectivity index (χ3v) is 4.51. The van der Waals surface area contributed by atoms with Gasteiger partial charge in [0.25, 0.3) is 0 Å². The maximum atomic E-state index is 13.8. The van der Waals surface area contributed by atoms with Gasteiger partial charge in [-0.3, -0.25) is 9.89 Å². The molecule has 5 nitrogen and oxygen atoms in total. The van der Waals surface area contributed by atoms with Crippen molar-refractivity contribution in [3.8, 4) is 11.4 Å². The van der Waals surface area contributed by atoms with E-state index in [9.17, 15) is 13.6 Å². The Morgan fingerprint density at radius 3 is 2.62 bits per heavy atom. The normalized spacial score (nSPS) is 10.7. The molecule has 0 aliphatic carbocycles. The number of aromatic amines is 1. The zero-order chi connectivity index (χ0) is 18.5. The fraction of sp³-hybridized carbons (Fsp3) is 0.167. The minimum absolute atomic E-state index is 0.114. The predicted molar refractivity (Wildman–Crippen MR) is 95.4 cm³/mol. The van der Waals surface area contributed by atoms with Gasteiger partial charge in [0.05, 0.1) is 11.3 Å². The number of carbonyl (C=O) groups is 1. The Hall–Kier alpha value is -2.74. The number of carbonyl (C=O) groups excluding carboxylic acids is 1. The number of amides is 1. The van der Waals surface area contributed by atoms with Crippen molar-refractivity contribution in [2.75, 3.05) is 12.8 Å². The van der Waals surface area contributed by atoms with E-state index in [1.165, 1.54) is 18.2 Å². The van der Waals surface area contributed by atoms with Crippen LogP contribution in [0.4, 0.5) is 8.78 Å². The number of hydrogen-bond donors (Lipinski definition) is 1. The molecule has 134 valence electrons. The summed E-state index contributed by atoms with van der Waals surface area (Å²) in [6, 6.07) is 12.3. The molecule has 1 heterocycles. The van der Waals surface area contributed by atoms with Crippen LogP contribution < -0.4 is 0 Å².